The van der Waals surface area contributed by atoms with Crippen molar-refractivity contribution in [2.24, 2.45) is 5.73 Å². The lowest BCUT2D eigenvalue weighted by atomic mass is 9.81. The zero-order valence-corrected chi connectivity index (χ0v) is 15.4. The fourth-order valence-corrected chi connectivity index (χ4v) is 3.17. The monoisotopic (exact) mass is 380 g/mol. The molecule has 5 nitrogen and oxygen atoms in total. The third-order valence-electron chi connectivity index (χ3n) is 4.12. The molecule has 0 saturated heterocycles. The molecule has 0 bridgehead atoms. The van der Waals surface area contributed by atoms with E-state index < -0.39 is 5.92 Å². The van der Waals surface area contributed by atoms with Crippen LogP contribution >= 0.6 is 11.6 Å². The summed E-state index contributed by atoms with van der Waals surface area (Å²) in [6.45, 7) is 2.06. The van der Waals surface area contributed by atoms with Crippen LogP contribution in [0.4, 0.5) is 0 Å². The number of halogens is 1. The van der Waals surface area contributed by atoms with Crippen molar-refractivity contribution in [2.45, 2.75) is 12.8 Å². The fourth-order valence-electron chi connectivity index (χ4n) is 2.97. The number of ether oxygens (including phenoxy) is 2. The number of benzene rings is 2. The van der Waals surface area contributed by atoms with Gasteiger partial charge in [-0.05, 0) is 24.6 Å². The van der Waals surface area contributed by atoms with Crippen molar-refractivity contribution in [2.75, 3.05) is 6.61 Å². The van der Waals surface area contributed by atoms with Crippen LogP contribution in [0, 0.1) is 11.3 Å². The van der Waals surface area contributed by atoms with Crippen LogP contribution in [0.5, 0.6) is 0 Å². The van der Waals surface area contributed by atoms with Crippen molar-refractivity contribution in [1.82, 2.24) is 0 Å². The summed E-state index contributed by atoms with van der Waals surface area (Å²) in [6.07, 6.45) is 0. The minimum Gasteiger partial charge on any atom is -0.465 e. The number of nitrogens with two attached hydrogens (primary N) is 1. The fraction of sp³-hybridized carbons (Fsp3) is 0.143. The lowest BCUT2D eigenvalue weighted by Gasteiger charge is -2.27. The Balaban J connectivity index is 2.19. The maximum atomic E-state index is 13.2. The van der Waals surface area contributed by atoms with Gasteiger partial charge in [0.25, 0.3) is 0 Å². The van der Waals surface area contributed by atoms with Gasteiger partial charge in [-0.2, -0.15) is 5.26 Å². The average Bonchev–Trinajstić information content (AvgIpc) is 2.68. The molecule has 6 heteroatoms. The molecule has 1 aliphatic heterocycles. The average molecular weight is 381 g/mol. The molecule has 0 amide bonds. The van der Waals surface area contributed by atoms with Crippen LogP contribution in [0.2, 0.25) is 5.02 Å². The van der Waals surface area contributed by atoms with Crippen LogP contribution in [-0.4, -0.2) is 12.4 Å². The Hall–Kier alpha value is -3.23. The predicted molar refractivity (Wildman–Crippen MR) is 102 cm³/mol. The van der Waals surface area contributed by atoms with Crippen LogP contribution in [0.3, 0.4) is 0 Å². The number of nitriles is 1. The standard InChI is InChI=1S/C21H17ClN2O3/c1-2-26-21-16(12-23)17(14-9-6-10-15(22)11-14)18(20(24)27-21)19(25)13-7-4-3-5-8-13/h3-11,17H,2,24H2,1H3. The van der Waals surface area contributed by atoms with Crippen LogP contribution in [0.15, 0.2) is 77.6 Å². The quantitative estimate of drug-likeness (QED) is 0.782. The van der Waals surface area contributed by atoms with Crippen molar-refractivity contribution in [3.05, 3.63) is 93.7 Å². The van der Waals surface area contributed by atoms with E-state index in [1.807, 2.05) is 6.07 Å². The van der Waals surface area contributed by atoms with Gasteiger partial charge in [-0.3, -0.25) is 4.79 Å². The number of Topliss-reactive ketones (excluding diaryl/α,β-unsaturated/α-hetero) is 1. The number of allylic oxidation sites excluding steroid dienone is 2. The molecule has 1 aliphatic rings. The number of carbonyl (C=O) groups excluding carboxylic acids is 1. The van der Waals surface area contributed by atoms with Gasteiger partial charge in [0.15, 0.2) is 5.78 Å². The Morgan fingerprint density at radius 1 is 1.26 bits per heavy atom. The van der Waals surface area contributed by atoms with Crippen LogP contribution in [0.1, 0.15) is 28.8 Å². The molecule has 2 N–H and O–H groups in total. The first-order valence-electron chi connectivity index (χ1n) is 8.36. The first kappa shape index (κ1) is 18.6. The summed E-state index contributed by atoms with van der Waals surface area (Å²) in [5.41, 5.74) is 7.56. The summed E-state index contributed by atoms with van der Waals surface area (Å²) in [5.74, 6) is -1.14. The number of rotatable bonds is 5. The molecule has 0 saturated carbocycles. The Bertz CT molecular complexity index is 974. The zero-order valence-electron chi connectivity index (χ0n) is 14.6. The van der Waals surface area contributed by atoms with E-state index in [1.54, 1.807) is 55.5 Å². The van der Waals surface area contributed by atoms with Crippen molar-refractivity contribution in [3.63, 3.8) is 0 Å². The first-order chi connectivity index (χ1) is 13.1. The highest BCUT2D eigenvalue weighted by Crippen LogP contribution is 2.41. The van der Waals surface area contributed by atoms with Crippen molar-refractivity contribution < 1.29 is 14.3 Å². The van der Waals surface area contributed by atoms with Gasteiger partial charge in [-0.15, -0.1) is 0 Å². The van der Waals surface area contributed by atoms with Gasteiger partial charge in [0.05, 0.1) is 18.1 Å². The van der Waals surface area contributed by atoms with Gasteiger partial charge in [-0.1, -0.05) is 54.1 Å². The van der Waals surface area contributed by atoms with Crippen LogP contribution in [0.25, 0.3) is 0 Å². The number of nitrogens with zero attached hydrogens (tertiary/aromatic N) is 1. The van der Waals surface area contributed by atoms with E-state index in [1.165, 1.54) is 0 Å². The number of ketones is 1. The van der Waals surface area contributed by atoms with E-state index in [0.29, 0.717) is 16.1 Å². The van der Waals surface area contributed by atoms with Gasteiger partial charge in [0.1, 0.15) is 11.6 Å². The summed E-state index contributed by atoms with van der Waals surface area (Å²) in [7, 11) is 0. The second-order valence-corrected chi connectivity index (χ2v) is 6.25. The maximum Gasteiger partial charge on any atom is 0.301 e. The molecular weight excluding hydrogens is 364 g/mol. The zero-order chi connectivity index (χ0) is 19.4. The third kappa shape index (κ3) is 3.67. The molecule has 136 valence electrons. The lowest BCUT2D eigenvalue weighted by molar-refractivity contribution is 0.0632. The highest BCUT2D eigenvalue weighted by Gasteiger charge is 2.38. The molecule has 0 fully saturated rings. The molecule has 1 heterocycles. The Kier molecular flexibility index (Phi) is 5.49. The smallest absolute Gasteiger partial charge is 0.301 e. The lowest BCUT2D eigenvalue weighted by Crippen LogP contribution is -2.26. The van der Waals surface area contributed by atoms with Gasteiger partial charge in [0, 0.05) is 10.6 Å². The third-order valence-corrected chi connectivity index (χ3v) is 4.36. The van der Waals surface area contributed by atoms with Crippen LogP contribution in [-0.2, 0) is 9.47 Å². The molecular formula is C21H17ClN2O3. The van der Waals surface area contributed by atoms with E-state index in [0.717, 1.165) is 0 Å². The molecule has 2 aromatic carbocycles. The Morgan fingerprint density at radius 3 is 2.63 bits per heavy atom. The maximum absolute atomic E-state index is 13.2. The minimum atomic E-state index is -0.739. The van der Waals surface area contributed by atoms with Gasteiger partial charge in [-0.25, -0.2) is 0 Å². The summed E-state index contributed by atoms with van der Waals surface area (Å²) in [6, 6.07) is 17.8. The number of hydrogen-bond acceptors (Lipinski definition) is 5. The van der Waals surface area contributed by atoms with E-state index in [9.17, 15) is 10.1 Å². The van der Waals surface area contributed by atoms with Gasteiger partial charge >= 0.3 is 5.95 Å². The molecule has 2 aromatic rings. The Labute approximate surface area is 162 Å². The van der Waals surface area contributed by atoms with E-state index >= 15 is 0 Å². The van der Waals surface area contributed by atoms with E-state index in [2.05, 4.69) is 6.07 Å². The number of hydrogen-bond donors (Lipinski definition) is 1. The van der Waals surface area contributed by atoms with Crippen LogP contribution < -0.4 is 5.73 Å². The molecule has 0 radical (unpaired) electrons. The van der Waals surface area contributed by atoms with Gasteiger partial charge in [0.2, 0.25) is 5.88 Å². The highest BCUT2D eigenvalue weighted by molar-refractivity contribution is 6.30. The summed E-state index contributed by atoms with van der Waals surface area (Å²) < 4.78 is 11.0. The summed E-state index contributed by atoms with van der Waals surface area (Å²) >= 11 is 6.14. The predicted octanol–water partition coefficient (Wildman–Crippen LogP) is 4.28. The van der Waals surface area contributed by atoms with Crippen molar-refractivity contribution in [3.8, 4) is 6.07 Å². The summed E-state index contributed by atoms with van der Waals surface area (Å²) in [4.78, 5) is 13.2. The molecule has 1 atom stereocenters. The molecule has 0 aromatic heterocycles. The molecule has 3 rings (SSSR count). The molecule has 1 unspecified atom stereocenters. The van der Waals surface area contributed by atoms with Crippen molar-refractivity contribution >= 4 is 17.4 Å². The molecule has 0 aliphatic carbocycles. The molecule has 0 spiro atoms. The largest absolute Gasteiger partial charge is 0.465 e. The SMILES string of the molecule is CCOC1=C(C#N)C(c2cccc(Cl)c2)C(C(=O)c2ccccc2)=C(N)O1. The normalized spacial score (nSPS) is 16.6. The second kappa shape index (κ2) is 7.98. The van der Waals surface area contributed by atoms with E-state index in [-0.39, 0.29) is 35.4 Å². The summed E-state index contributed by atoms with van der Waals surface area (Å²) in [5, 5.41) is 10.3. The first-order valence-corrected chi connectivity index (χ1v) is 8.74. The minimum absolute atomic E-state index is 0.00656. The Morgan fingerprint density at radius 2 is 2.00 bits per heavy atom. The highest BCUT2D eigenvalue weighted by atomic mass is 35.5. The van der Waals surface area contributed by atoms with Crippen molar-refractivity contribution in [1.29, 1.82) is 5.26 Å². The number of carbonyl (C=O) groups is 1. The van der Waals surface area contributed by atoms with Gasteiger partial charge < -0.3 is 15.2 Å². The second-order valence-electron chi connectivity index (χ2n) is 5.81. The van der Waals surface area contributed by atoms with E-state index in [4.69, 9.17) is 26.8 Å². The topological polar surface area (TPSA) is 85.3 Å². The molecule has 27 heavy (non-hydrogen) atoms.